The molecule has 0 spiro atoms. The van der Waals surface area contributed by atoms with Gasteiger partial charge in [-0.25, -0.2) is 14.2 Å². The lowest BCUT2D eigenvalue weighted by molar-refractivity contribution is 0.00635. The van der Waals surface area contributed by atoms with Gasteiger partial charge in [-0.1, -0.05) is 0 Å². The van der Waals surface area contributed by atoms with Crippen molar-refractivity contribution in [2.75, 3.05) is 39.2 Å². The summed E-state index contributed by atoms with van der Waals surface area (Å²) in [6.07, 6.45) is 6.22. The lowest BCUT2D eigenvalue weighted by Gasteiger charge is -2.34. The minimum absolute atomic E-state index is 0.0534. The Kier molecular flexibility index (Phi) is 5.57. The van der Waals surface area contributed by atoms with Crippen LogP contribution >= 0.6 is 0 Å². The molecule has 6 rings (SSSR count). The molecule has 1 aromatic carbocycles. The average molecular weight is 491 g/mol. The summed E-state index contributed by atoms with van der Waals surface area (Å²) >= 11 is 0. The zero-order valence-corrected chi connectivity index (χ0v) is 21.1. The summed E-state index contributed by atoms with van der Waals surface area (Å²) in [5, 5.41) is 0.764. The maximum atomic E-state index is 15.3. The summed E-state index contributed by atoms with van der Waals surface area (Å²) in [7, 11) is 7.66. The number of benzene rings is 1. The van der Waals surface area contributed by atoms with Gasteiger partial charge in [-0.2, -0.15) is 0 Å². The van der Waals surface area contributed by atoms with Crippen LogP contribution < -0.4 is 10.6 Å². The Morgan fingerprint density at radius 2 is 1.94 bits per heavy atom. The predicted molar refractivity (Wildman–Crippen MR) is 139 cm³/mol. The number of halogens is 1. The molecule has 2 fully saturated rings. The van der Waals surface area contributed by atoms with Crippen LogP contribution in [-0.2, 0) is 11.8 Å². The molecule has 0 amide bonds. The fourth-order valence-corrected chi connectivity index (χ4v) is 5.65. The maximum absolute atomic E-state index is 15.3. The number of pyridine rings is 2. The molecule has 1 atom stereocenters. The van der Waals surface area contributed by atoms with E-state index in [2.05, 4.69) is 33.9 Å². The standard InChI is InChI=1S/C27H31FN6O2/c1-31(2)17-7-8-33(15-17)25-6-5-16(13-30-25)20-11-21-23(12-22(20)28)29-14-24-26(21)34(27(35)32(24)3)18-9-19(10-18)36-4/h5-6,11-14,17-19H,7-10,15H2,1-4H3/t17-,18-,19+/m1/s1. The van der Waals surface area contributed by atoms with E-state index < -0.39 is 0 Å². The summed E-state index contributed by atoms with van der Waals surface area (Å²) in [4.78, 5) is 26.8. The molecule has 9 heteroatoms. The highest BCUT2D eigenvalue weighted by atomic mass is 19.1. The topological polar surface area (TPSA) is 68.4 Å². The second-order valence-electron chi connectivity index (χ2n) is 10.3. The number of anilines is 1. The van der Waals surface area contributed by atoms with E-state index in [-0.39, 0.29) is 23.7 Å². The molecule has 8 nitrogen and oxygen atoms in total. The van der Waals surface area contributed by atoms with Crippen molar-refractivity contribution in [2.45, 2.75) is 37.5 Å². The largest absolute Gasteiger partial charge is 0.381 e. The molecule has 36 heavy (non-hydrogen) atoms. The Morgan fingerprint density at radius 1 is 1.14 bits per heavy atom. The minimum Gasteiger partial charge on any atom is -0.381 e. The summed E-state index contributed by atoms with van der Waals surface area (Å²) in [5.74, 6) is 0.550. The lowest BCUT2D eigenvalue weighted by atomic mass is 9.89. The van der Waals surface area contributed by atoms with Gasteiger partial charge in [0, 0.05) is 68.1 Å². The first-order valence-electron chi connectivity index (χ1n) is 12.5. The van der Waals surface area contributed by atoms with Crippen molar-refractivity contribution in [2.24, 2.45) is 7.05 Å². The van der Waals surface area contributed by atoms with E-state index >= 15 is 4.39 Å². The summed E-state index contributed by atoms with van der Waals surface area (Å²) in [5.41, 5.74) is 3.13. The number of hydrogen-bond acceptors (Lipinski definition) is 6. The van der Waals surface area contributed by atoms with Crippen molar-refractivity contribution in [3.8, 4) is 11.1 Å². The molecule has 1 aliphatic carbocycles. The van der Waals surface area contributed by atoms with Gasteiger partial charge < -0.3 is 14.5 Å². The van der Waals surface area contributed by atoms with Crippen molar-refractivity contribution in [1.29, 1.82) is 0 Å². The number of rotatable bonds is 5. The molecule has 2 aliphatic rings. The van der Waals surface area contributed by atoms with Gasteiger partial charge in [-0.05, 0) is 51.6 Å². The third-order valence-corrected chi connectivity index (χ3v) is 8.05. The number of aromatic nitrogens is 4. The molecule has 0 N–H and O–H groups in total. The van der Waals surface area contributed by atoms with Gasteiger partial charge >= 0.3 is 5.69 Å². The van der Waals surface area contributed by atoms with Gasteiger partial charge in [0.1, 0.15) is 11.6 Å². The molecule has 0 unspecified atom stereocenters. The Labute approximate surface area is 208 Å². The van der Waals surface area contributed by atoms with E-state index in [0.717, 1.165) is 54.6 Å². The monoisotopic (exact) mass is 490 g/mol. The quantitative estimate of drug-likeness (QED) is 0.426. The second kappa shape index (κ2) is 8.67. The van der Waals surface area contributed by atoms with Crippen LogP contribution in [0.1, 0.15) is 25.3 Å². The van der Waals surface area contributed by atoms with E-state index in [0.29, 0.717) is 22.7 Å². The lowest BCUT2D eigenvalue weighted by Crippen LogP contribution is -2.37. The Balaban J connectivity index is 1.42. The van der Waals surface area contributed by atoms with E-state index in [1.54, 1.807) is 31.1 Å². The molecule has 1 aliphatic heterocycles. The van der Waals surface area contributed by atoms with Crippen LogP contribution in [0.25, 0.3) is 33.1 Å². The first-order valence-corrected chi connectivity index (χ1v) is 12.5. The average Bonchev–Trinajstić information content (AvgIpc) is 3.43. The van der Waals surface area contributed by atoms with Gasteiger partial charge in [0.05, 0.1) is 28.9 Å². The van der Waals surface area contributed by atoms with Crippen molar-refractivity contribution in [3.63, 3.8) is 0 Å². The summed E-state index contributed by atoms with van der Waals surface area (Å²) < 4.78 is 24.2. The smallest absolute Gasteiger partial charge is 0.329 e. The van der Waals surface area contributed by atoms with Crippen LogP contribution in [0.15, 0.2) is 41.5 Å². The first kappa shape index (κ1) is 23.1. The third-order valence-electron chi connectivity index (χ3n) is 8.05. The van der Waals surface area contributed by atoms with Gasteiger partial charge in [0.25, 0.3) is 0 Å². The molecule has 0 bridgehead atoms. The number of imidazole rings is 1. The Morgan fingerprint density at radius 3 is 2.61 bits per heavy atom. The number of likely N-dealkylation sites (N-methyl/N-ethyl adjacent to an activating group) is 1. The zero-order chi connectivity index (χ0) is 25.1. The molecule has 4 heterocycles. The highest BCUT2D eigenvalue weighted by Gasteiger charge is 2.34. The summed E-state index contributed by atoms with van der Waals surface area (Å²) in [6.45, 7) is 1.89. The highest BCUT2D eigenvalue weighted by Crippen LogP contribution is 2.38. The van der Waals surface area contributed by atoms with Gasteiger partial charge in [0.15, 0.2) is 0 Å². The fourth-order valence-electron chi connectivity index (χ4n) is 5.65. The second-order valence-corrected chi connectivity index (χ2v) is 10.3. The number of aryl methyl sites for hydroxylation is 1. The fraction of sp³-hybridized carbons (Fsp3) is 0.444. The van der Waals surface area contributed by atoms with Crippen molar-refractivity contribution >= 4 is 27.8 Å². The molecule has 1 saturated heterocycles. The van der Waals surface area contributed by atoms with E-state index in [9.17, 15) is 4.79 Å². The summed E-state index contributed by atoms with van der Waals surface area (Å²) in [6, 6.07) is 7.73. The molecule has 4 aromatic rings. The van der Waals surface area contributed by atoms with Crippen molar-refractivity contribution in [3.05, 3.63) is 53.0 Å². The highest BCUT2D eigenvalue weighted by molar-refractivity contribution is 6.04. The predicted octanol–water partition coefficient (Wildman–Crippen LogP) is 3.58. The minimum atomic E-state index is -0.356. The molecule has 3 aromatic heterocycles. The van der Waals surface area contributed by atoms with Crippen LogP contribution in [0, 0.1) is 5.82 Å². The van der Waals surface area contributed by atoms with E-state index in [1.807, 2.05) is 22.8 Å². The van der Waals surface area contributed by atoms with Gasteiger partial charge in [0.2, 0.25) is 0 Å². The molecule has 1 saturated carbocycles. The van der Waals surface area contributed by atoms with Crippen molar-refractivity contribution < 1.29 is 9.13 Å². The number of ether oxygens (including phenoxy) is 1. The Hall–Kier alpha value is -3.30. The van der Waals surface area contributed by atoms with Crippen LogP contribution in [0.2, 0.25) is 0 Å². The van der Waals surface area contributed by atoms with Crippen LogP contribution in [-0.4, -0.2) is 70.4 Å². The molecular formula is C27H31FN6O2. The van der Waals surface area contributed by atoms with Gasteiger partial charge in [-0.3, -0.25) is 14.1 Å². The zero-order valence-electron chi connectivity index (χ0n) is 21.1. The first-order chi connectivity index (χ1) is 17.4. The normalized spacial score (nSPS) is 22.2. The molecular weight excluding hydrogens is 459 g/mol. The Bertz CT molecular complexity index is 1500. The number of methoxy groups -OCH3 is 1. The van der Waals surface area contributed by atoms with Crippen LogP contribution in [0.5, 0.6) is 0 Å². The molecule has 188 valence electrons. The van der Waals surface area contributed by atoms with Crippen LogP contribution in [0.4, 0.5) is 10.2 Å². The third kappa shape index (κ3) is 3.60. The SMILES string of the molecule is CO[C@H]1C[C@@H](n2c(=O)n(C)c3cnc4cc(F)c(-c5ccc(N6CC[C@@H](N(C)C)C6)nc5)cc4c32)C1. The van der Waals surface area contributed by atoms with E-state index in [4.69, 9.17) is 4.74 Å². The van der Waals surface area contributed by atoms with Crippen LogP contribution in [0.3, 0.4) is 0 Å². The maximum Gasteiger partial charge on any atom is 0.329 e. The number of fused-ring (bicyclic) bond motifs is 3. The van der Waals surface area contributed by atoms with Crippen molar-refractivity contribution in [1.82, 2.24) is 24.0 Å². The van der Waals surface area contributed by atoms with Gasteiger partial charge in [-0.15, -0.1) is 0 Å². The number of hydrogen-bond donors (Lipinski definition) is 0. The molecule has 0 radical (unpaired) electrons. The number of nitrogens with zero attached hydrogens (tertiary/aromatic N) is 6. The van der Waals surface area contributed by atoms with E-state index in [1.165, 1.54) is 6.07 Å².